The molecule has 4 nitrogen and oxygen atoms in total. The summed E-state index contributed by atoms with van der Waals surface area (Å²) < 4.78 is 0. The van der Waals surface area contributed by atoms with Crippen molar-refractivity contribution in [1.82, 2.24) is 10.2 Å². The van der Waals surface area contributed by atoms with E-state index in [9.17, 15) is 4.79 Å². The molecule has 3 rings (SSSR count). The van der Waals surface area contributed by atoms with Crippen molar-refractivity contribution in [2.75, 3.05) is 13.1 Å². The third-order valence-electron chi connectivity index (χ3n) is 5.69. The summed E-state index contributed by atoms with van der Waals surface area (Å²) in [4.78, 5) is 14.6. The van der Waals surface area contributed by atoms with Crippen LogP contribution in [0, 0.1) is 5.41 Å². The first-order valence-corrected chi connectivity index (χ1v) is 8.22. The summed E-state index contributed by atoms with van der Waals surface area (Å²) in [5.74, 6) is -0.135. The number of primary amides is 1. The normalized spacial score (nSPS) is 38.0. The van der Waals surface area contributed by atoms with Crippen molar-refractivity contribution in [2.45, 2.75) is 76.4 Å². The van der Waals surface area contributed by atoms with Crippen LogP contribution in [0.25, 0.3) is 0 Å². The van der Waals surface area contributed by atoms with Crippen LogP contribution in [0.3, 0.4) is 0 Å². The van der Waals surface area contributed by atoms with Gasteiger partial charge in [0.25, 0.3) is 0 Å². The summed E-state index contributed by atoms with van der Waals surface area (Å²) in [6.07, 6.45) is 7.90. The van der Waals surface area contributed by atoms with Gasteiger partial charge in [-0.1, -0.05) is 13.8 Å². The largest absolute Gasteiger partial charge is 0.368 e. The number of rotatable bonds is 4. The van der Waals surface area contributed by atoms with Gasteiger partial charge in [0.1, 0.15) is 0 Å². The third kappa shape index (κ3) is 2.86. The Morgan fingerprint density at radius 3 is 2.35 bits per heavy atom. The molecule has 3 N–H and O–H groups in total. The molecule has 1 heterocycles. The predicted molar refractivity (Wildman–Crippen MR) is 80.3 cm³/mol. The molecule has 1 aliphatic heterocycles. The van der Waals surface area contributed by atoms with Crippen LogP contribution in [0.1, 0.15) is 58.8 Å². The van der Waals surface area contributed by atoms with Crippen LogP contribution in [-0.4, -0.2) is 41.5 Å². The Morgan fingerprint density at radius 1 is 1.15 bits per heavy atom. The van der Waals surface area contributed by atoms with Crippen LogP contribution >= 0.6 is 0 Å². The molecular formula is C16H29N3O. The van der Waals surface area contributed by atoms with E-state index in [2.05, 4.69) is 24.1 Å². The molecule has 114 valence electrons. The number of likely N-dealkylation sites (tertiary alicyclic amines) is 1. The van der Waals surface area contributed by atoms with E-state index in [1.54, 1.807) is 0 Å². The first-order valence-electron chi connectivity index (χ1n) is 8.22. The summed E-state index contributed by atoms with van der Waals surface area (Å²) in [6.45, 7) is 7.08. The molecule has 0 aromatic heterocycles. The minimum Gasteiger partial charge on any atom is -0.368 e. The Labute approximate surface area is 122 Å². The quantitative estimate of drug-likeness (QED) is 0.822. The fourth-order valence-electron chi connectivity index (χ4n) is 3.87. The Kier molecular flexibility index (Phi) is 3.57. The number of nitrogens with one attached hydrogen (secondary N) is 1. The van der Waals surface area contributed by atoms with Gasteiger partial charge in [-0.3, -0.25) is 4.79 Å². The molecule has 1 saturated heterocycles. The average Bonchev–Trinajstić information content (AvgIpc) is 3.07. The number of carbonyl (C=O) groups is 1. The summed E-state index contributed by atoms with van der Waals surface area (Å²) in [5.41, 5.74) is 5.79. The molecule has 1 amide bonds. The van der Waals surface area contributed by atoms with Crippen LogP contribution in [0.2, 0.25) is 0 Å². The van der Waals surface area contributed by atoms with E-state index in [4.69, 9.17) is 5.73 Å². The molecule has 3 aliphatic rings. The first kappa shape index (κ1) is 14.3. The molecule has 2 atom stereocenters. The number of amides is 1. The molecular weight excluding hydrogens is 250 g/mol. The molecule has 0 aromatic rings. The highest BCUT2D eigenvalue weighted by atomic mass is 16.1. The molecule has 0 spiro atoms. The van der Waals surface area contributed by atoms with Gasteiger partial charge in [-0.2, -0.15) is 0 Å². The Hall–Kier alpha value is -0.610. The van der Waals surface area contributed by atoms with Gasteiger partial charge in [-0.05, 0) is 63.5 Å². The van der Waals surface area contributed by atoms with Gasteiger partial charge in [0.2, 0.25) is 5.91 Å². The van der Waals surface area contributed by atoms with E-state index in [-0.39, 0.29) is 5.91 Å². The molecule has 2 aliphatic carbocycles. The van der Waals surface area contributed by atoms with Crippen LogP contribution in [0.5, 0.6) is 0 Å². The molecule has 4 heteroatoms. The van der Waals surface area contributed by atoms with Gasteiger partial charge in [0.15, 0.2) is 0 Å². The molecule has 2 saturated carbocycles. The molecule has 3 fully saturated rings. The number of piperidine rings is 1. The maximum Gasteiger partial charge on any atom is 0.237 e. The highest BCUT2D eigenvalue weighted by molar-refractivity contribution is 5.85. The standard InChI is InChI=1S/C16H29N3O/c1-15(2)7-9-19(10-8-15)13-5-6-16(11-13,14(17)20)18-12-3-4-12/h12-13,18H,3-11H2,1-2H3,(H2,17,20). The van der Waals surface area contributed by atoms with Gasteiger partial charge in [-0.15, -0.1) is 0 Å². The zero-order valence-corrected chi connectivity index (χ0v) is 13.0. The van der Waals surface area contributed by atoms with Crippen molar-refractivity contribution in [1.29, 1.82) is 0 Å². The van der Waals surface area contributed by atoms with Crippen LogP contribution in [0.4, 0.5) is 0 Å². The average molecular weight is 279 g/mol. The number of nitrogens with two attached hydrogens (primary N) is 1. The second-order valence-electron chi connectivity index (χ2n) is 7.96. The molecule has 0 bridgehead atoms. The third-order valence-corrected chi connectivity index (χ3v) is 5.69. The van der Waals surface area contributed by atoms with Crippen molar-refractivity contribution < 1.29 is 4.79 Å². The molecule has 0 radical (unpaired) electrons. The maximum absolute atomic E-state index is 12.0. The number of nitrogens with zero attached hydrogens (tertiary/aromatic N) is 1. The monoisotopic (exact) mass is 279 g/mol. The fraction of sp³-hybridized carbons (Fsp3) is 0.938. The summed E-state index contributed by atoms with van der Waals surface area (Å²) in [5, 5.41) is 3.55. The molecule has 2 unspecified atom stereocenters. The van der Waals surface area contributed by atoms with Crippen LogP contribution < -0.4 is 11.1 Å². The van der Waals surface area contributed by atoms with E-state index in [1.165, 1.54) is 38.8 Å². The first-order chi connectivity index (χ1) is 9.40. The van der Waals surface area contributed by atoms with Gasteiger partial charge < -0.3 is 16.0 Å². The SMILES string of the molecule is CC1(C)CCN(C2CCC(NC3CC3)(C(N)=O)C2)CC1. The lowest BCUT2D eigenvalue weighted by molar-refractivity contribution is -0.124. The Balaban J connectivity index is 1.61. The lowest BCUT2D eigenvalue weighted by atomic mass is 9.82. The van der Waals surface area contributed by atoms with Gasteiger partial charge in [-0.25, -0.2) is 0 Å². The smallest absolute Gasteiger partial charge is 0.237 e. The van der Waals surface area contributed by atoms with Crippen molar-refractivity contribution in [3.05, 3.63) is 0 Å². The van der Waals surface area contributed by atoms with E-state index >= 15 is 0 Å². The van der Waals surface area contributed by atoms with Gasteiger partial charge >= 0.3 is 0 Å². The minimum absolute atomic E-state index is 0.135. The summed E-state index contributed by atoms with van der Waals surface area (Å²) in [7, 11) is 0. The number of hydrogen-bond acceptors (Lipinski definition) is 3. The number of carbonyl (C=O) groups excluding carboxylic acids is 1. The fourth-order valence-corrected chi connectivity index (χ4v) is 3.87. The van der Waals surface area contributed by atoms with Crippen molar-refractivity contribution in [3.8, 4) is 0 Å². The van der Waals surface area contributed by atoms with E-state index < -0.39 is 5.54 Å². The molecule has 20 heavy (non-hydrogen) atoms. The number of hydrogen-bond donors (Lipinski definition) is 2. The van der Waals surface area contributed by atoms with Crippen LogP contribution in [-0.2, 0) is 4.79 Å². The van der Waals surface area contributed by atoms with Crippen molar-refractivity contribution >= 4 is 5.91 Å². The van der Waals surface area contributed by atoms with Crippen molar-refractivity contribution in [3.63, 3.8) is 0 Å². The Morgan fingerprint density at radius 2 is 1.80 bits per heavy atom. The van der Waals surface area contributed by atoms with Gasteiger partial charge in [0.05, 0.1) is 5.54 Å². The van der Waals surface area contributed by atoms with Gasteiger partial charge in [0, 0.05) is 12.1 Å². The second kappa shape index (κ2) is 4.99. The topological polar surface area (TPSA) is 58.4 Å². The lowest BCUT2D eigenvalue weighted by Gasteiger charge is -2.40. The highest BCUT2D eigenvalue weighted by Gasteiger charge is 2.48. The summed E-state index contributed by atoms with van der Waals surface area (Å²) in [6, 6.07) is 1.09. The zero-order chi connectivity index (χ0) is 14.4. The predicted octanol–water partition coefficient (Wildman–Crippen LogP) is 1.64. The zero-order valence-electron chi connectivity index (χ0n) is 13.0. The van der Waals surface area contributed by atoms with Crippen LogP contribution in [0.15, 0.2) is 0 Å². The minimum atomic E-state index is -0.418. The Bertz CT molecular complexity index is 381. The van der Waals surface area contributed by atoms with E-state index in [0.29, 0.717) is 17.5 Å². The maximum atomic E-state index is 12.0. The lowest BCUT2D eigenvalue weighted by Crippen LogP contribution is -2.55. The van der Waals surface area contributed by atoms with E-state index in [1.807, 2.05) is 0 Å². The van der Waals surface area contributed by atoms with Crippen molar-refractivity contribution in [2.24, 2.45) is 11.1 Å². The highest BCUT2D eigenvalue weighted by Crippen LogP contribution is 2.39. The molecule has 0 aromatic carbocycles. The van der Waals surface area contributed by atoms with E-state index in [0.717, 1.165) is 19.3 Å². The summed E-state index contributed by atoms with van der Waals surface area (Å²) >= 11 is 0. The second-order valence-corrected chi connectivity index (χ2v) is 7.96.